The molecule has 0 aliphatic carbocycles. The van der Waals surface area contributed by atoms with Gasteiger partial charge in [0.25, 0.3) is 0 Å². The largest absolute Gasteiger partial charge is 0.378 e. The molecule has 0 radical (unpaired) electrons. The van der Waals surface area contributed by atoms with Crippen molar-refractivity contribution in [1.82, 2.24) is 0 Å². The van der Waals surface area contributed by atoms with Gasteiger partial charge in [-0.1, -0.05) is 64.2 Å². The van der Waals surface area contributed by atoms with E-state index in [-0.39, 0.29) is 0 Å². The average Bonchev–Trinajstić information content (AvgIpc) is 2.52. The van der Waals surface area contributed by atoms with Gasteiger partial charge in [-0.05, 0) is 30.5 Å². The quantitative estimate of drug-likeness (QED) is 0.249. The van der Waals surface area contributed by atoms with Crippen molar-refractivity contribution in [2.24, 2.45) is 0 Å². The molecular weight excluding hydrogens is 264 g/mol. The Labute approximate surface area is 127 Å². The van der Waals surface area contributed by atoms with E-state index in [4.69, 9.17) is 4.89 Å². The van der Waals surface area contributed by atoms with Crippen LogP contribution in [0.2, 0.25) is 0 Å². The summed E-state index contributed by atoms with van der Waals surface area (Å²) in [5, 5.41) is 0. The monoisotopic (exact) mass is 290 g/mol. The zero-order chi connectivity index (χ0) is 15.3. The van der Waals surface area contributed by atoms with Gasteiger partial charge in [-0.25, -0.2) is 9.68 Å². The fourth-order valence-electron chi connectivity index (χ4n) is 2.12. The number of unbranched alkanes of at least 4 members (excludes halogenated alkanes) is 6. The number of aryl methyl sites for hydroxylation is 1. The molecule has 0 aromatic heterocycles. The Balaban J connectivity index is 2.16. The lowest BCUT2D eigenvalue weighted by Crippen LogP contribution is -2.03. The molecule has 0 atom stereocenters. The van der Waals surface area contributed by atoms with Gasteiger partial charge in [-0.2, -0.15) is 0 Å². The third kappa shape index (κ3) is 8.18. The Kier molecular flexibility index (Phi) is 9.01. The highest BCUT2D eigenvalue weighted by Crippen LogP contribution is 2.15. The summed E-state index contributed by atoms with van der Waals surface area (Å²) in [5.74, 6) is -0.0735. The number of hydrogen-bond donors (Lipinski definition) is 0. The van der Waals surface area contributed by atoms with Gasteiger partial charge in [-0.3, -0.25) is 4.89 Å². The van der Waals surface area contributed by atoms with E-state index in [1.165, 1.54) is 50.5 Å². The van der Waals surface area contributed by atoms with Crippen LogP contribution >= 0.6 is 0 Å². The van der Waals surface area contributed by atoms with E-state index in [2.05, 4.69) is 18.4 Å². The average molecular weight is 290 g/mol. The molecule has 0 aliphatic heterocycles. The molecular formula is C18H26O3. The number of carbonyl (C=O) groups excluding carboxylic acids is 1. The van der Waals surface area contributed by atoms with Crippen LogP contribution in [0.1, 0.15) is 57.4 Å². The summed E-state index contributed by atoms with van der Waals surface area (Å²) < 4.78 is 0. The maximum atomic E-state index is 10.9. The van der Waals surface area contributed by atoms with Gasteiger partial charge in [0.05, 0.1) is 0 Å². The summed E-state index contributed by atoms with van der Waals surface area (Å²) in [4.78, 5) is 20.2. The first kappa shape index (κ1) is 17.3. The molecule has 0 spiro atoms. The van der Waals surface area contributed by atoms with Crippen molar-refractivity contribution in [2.45, 2.75) is 58.3 Å². The first-order chi connectivity index (χ1) is 10.3. The normalized spacial score (nSPS) is 10.1. The summed E-state index contributed by atoms with van der Waals surface area (Å²) in [6.07, 6.45) is 11.4. The standard InChI is InChI=1S/C18H26O3/c1-3-5-6-7-8-9-10-11-16-12-14-17(15-13-16)20-21-18(19)4-2/h4,12-15H,2-3,5-11H2,1H3. The van der Waals surface area contributed by atoms with E-state index in [9.17, 15) is 4.79 Å². The van der Waals surface area contributed by atoms with Crippen molar-refractivity contribution >= 4 is 5.97 Å². The summed E-state index contributed by atoms with van der Waals surface area (Å²) in [5.41, 5.74) is 1.28. The van der Waals surface area contributed by atoms with E-state index in [0.29, 0.717) is 5.75 Å². The van der Waals surface area contributed by atoms with Crippen LogP contribution in [0.3, 0.4) is 0 Å². The lowest BCUT2D eigenvalue weighted by atomic mass is 10.0. The first-order valence-corrected chi connectivity index (χ1v) is 7.86. The van der Waals surface area contributed by atoms with Crippen molar-refractivity contribution in [2.75, 3.05) is 0 Å². The predicted octanol–water partition coefficient (Wildman–Crippen LogP) is 5.00. The molecule has 0 bridgehead atoms. The van der Waals surface area contributed by atoms with E-state index < -0.39 is 5.97 Å². The van der Waals surface area contributed by atoms with Crippen LogP contribution in [-0.4, -0.2) is 5.97 Å². The third-order valence-corrected chi connectivity index (χ3v) is 3.38. The number of carbonyl (C=O) groups is 1. The topological polar surface area (TPSA) is 35.5 Å². The lowest BCUT2D eigenvalue weighted by molar-refractivity contribution is -0.207. The number of rotatable bonds is 11. The van der Waals surface area contributed by atoms with Crippen molar-refractivity contribution in [3.8, 4) is 5.75 Å². The Morgan fingerprint density at radius 2 is 1.67 bits per heavy atom. The molecule has 3 heteroatoms. The van der Waals surface area contributed by atoms with Crippen LogP contribution in [0.4, 0.5) is 0 Å². The third-order valence-electron chi connectivity index (χ3n) is 3.38. The van der Waals surface area contributed by atoms with Gasteiger partial charge in [0.15, 0.2) is 5.75 Å². The van der Waals surface area contributed by atoms with E-state index in [0.717, 1.165) is 12.5 Å². The highest BCUT2D eigenvalue weighted by molar-refractivity contribution is 5.80. The molecule has 0 N–H and O–H groups in total. The smallest absolute Gasteiger partial charge is 0.287 e. The fourth-order valence-corrected chi connectivity index (χ4v) is 2.12. The summed E-state index contributed by atoms with van der Waals surface area (Å²) >= 11 is 0. The van der Waals surface area contributed by atoms with E-state index in [1.807, 2.05) is 24.3 Å². The SMILES string of the molecule is C=CC(=O)OOc1ccc(CCCCCCCCC)cc1. The van der Waals surface area contributed by atoms with Gasteiger partial charge in [-0.15, -0.1) is 0 Å². The highest BCUT2D eigenvalue weighted by atomic mass is 17.2. The maximum absolute atomic E-state index is 10.9. The predicted molar refractivity (Wildman–Crippen MR) is 85.1 cm³/mol. The lowest BCUT2D eigenvalue weighted by Gasteiger charge is -2.05. The van der Waals surface area contributed by atoms with Crippen LogP contribution in [-0.2, 0) is 16.1 Å². The minimum Gasteiger partial charge on any atom is -0.287 e. The first-order valence-electron chi connectivity index (χ1n) is 7.86. The van der Waals surface area contributed by atoms with Gasteiger partial charge < -0.3 is 0 Å². The summed E-state index contributed by atoms with van der Waals surface area (Å²) in [7, 11) is 0. The van der Waals surface area contributed by atoms with Crippen molar-refractivity contribution < 1.29 is 14.6 Å². The minimum atomic E-state index is -0.595. The van der Waals surface area contributed by atoms with E-state index >= 15 is 0 Å². The van der Waals surface area contributed by atoms with Gasteiger partial charge in [0.1, 0.15) is 0 Å². The summed E-state index contributed by atoms with van der Waals surface area (Å²) in [6.45, 7) is 5.54. The molecule has 0 aliphatic rings. The zero-order valence-electron chi connectivity index (χ0n) is 13.0. The van der Waals surface area contributed by atoms with Crippen molar-refractivity contribution in [1.29, 1.82) is 0 Å². The molecule has 3 nitrogen and oxygen atoms in total. The van der Waals surface area contributed by atoms with Crippen LogP contribution < -0.4 is 4.89 Å². The molecule has 21 heavy (non-hydrogen) atoms. The van der Waals surface area contributed by atoms with Gasteiger partial charge in [0, 0.05) is 6.08 Å². The van der Waals surface area contributed by atoms with Gasteiger partial charge in [0.2, 0.25) is 0 Å². The second kappa shape index (κ2) is 11.0. The number of benzene rings is 1. The van der Waals surface area contributed by atoms with Crippen molar-refractivity contribution in [3.05, 3.63) is 42.5 Å². The molecule has 1 aromatic rings. The molecule has 1 rings (SSSR count). The molecule has 0 saturated carbocycles. The van der Waals surface area contributed by atoms with Crippen LogP contribution in [0.15, 0.2) is 36.9 Å². The zero-order valence-corrected chi connectivity index (χ0v) is 13.0. The van der Waals surface area contributed by atoms with Crippen molar-refractivity contribution in [3.63, 3.8) is 0 Å². The second-order valence-corrected chi connectivity index (χ2v) is 5.21. The number of hydrogen-bond acceptors (Lipinski definition) is 3. The molecule has 116 valence electrons. The molecule has 0 unspecified atom stereocenters. The molecule has 0 heterocycles. The van der Waals surface area contributed by atoms with Crippen LogP contribution in [0.25, 0.3) is 0 Å². The highest BCUT2D eigenvalue weighted by Gasteiger charge is 2.00. The maximum Gasteiger partial charge on any atom is 0.378 e. The van der Waals surface area contributed by atoms with Gasteiger partial charge >= 0.3 is 5.97 Å². The molecule has 0 fully saturated rings. The van der Waals surface area contributed by atoms with Crippen LogP contribution in [0.5, 0.6) is 5.75 Å². The Morgan fingerprint density at radius 3 is 2.29 bits per heavy atom. The van der Waals surface area contributed by atoms with Crippen LogP contribution in [0, 0.1) is 0 Å². The Morgan fingerprint density at radius 1 is 1.05 bits per heavy atom. The Hall–Kier alpha value is -1.77. The summed E-state index contributed by atoms with van der Waals surface area (Å²) in [6, 6.07) is 7.64. The Bertz CT molecular complexity index is 409. The second-order valence-electron chi connectivity index (χ2n) is 5.21. The molecule has 1 aromatic carbocycles. The minimum absolute atomic E-state index is 0.522. The van der Waals surface area contributed by atoms with E-state index in [1.54, 1.807) is 0 Å². The molecule has 0 saturated heterocycles. The fraction of sp³-hybridized carbons (Fsp3) is 0.500. The molecule has 0 amide bonds.